The second kappa shape index (κ2) is 10.9. The van der Waals surface area contributed by atoms with Crippen LogP contribution in [-0.4, -0.2) is 57.9 Å². The number of aliphatic hydroxyl groups is 1. The van der Waals surface area contributed by atoms with Crippen molar-refractivity contribution in [1.82, 2.24) is 15.0 Å². The molecule has 3 N–H and O–H groups in total. The number of carbonyl (C=O) groups is 1. The van der Waals surface area contributed by atoms with Gasteiger partial charge in [0, 0.05) is 36.7 Å². The van der Waals surface area contributed by atoms with Crippen molar-refractivity contribution in [1.29, 1.82) is 5.26 Å². The number of hydrogen-bond donors (Lipinski definition) is 2. The third-order valence-electron chi connectivity index (χ3n) is 6.45. The van der Waals surface area contributed by atoms with E-state index in [1.165, 1.54) is 5.56 Å². The summed E-state index contributed by atoms with van der Waals surface area (Å²) >= 11 is 0. The molecule has 0 bridgehead atoms. The second-order valence-corrected chi connectivity index (χ2v) is 9.44. The molecule has 1 aliphatic rings. The van der Waals surface area contributed by atoms with E-state index in [1.54, 1.807) is 18.2 Å². The van der Waals surface area contributed by atoms with E-state index in [2.05, 4.69) is 33.2 Å². The number of benzene rings is 2. The molecule has 0 radical (unpaired) electrons. The molecule has 0 saturated heterocycles. The number of rotatable bonds is 8. The largest absolute Gasteiger partial charge is 0.490 e. The third kappa shape index (κ3) is 5.40. The van der Waals surface area contributed by atoms with Crippen molar-refractivity contribution in [3.05, 3.63) is 53.1 Å². The summed E-state index contributed by atoms with van der Waals surface area (Å²) in [5, 5.41) is 23.2. The fraction of sp³-hybridized carbons (Fsp3) is 0.407. The van der Waals surface area contributed by atoms with Gasteiger partial charge in [-0.05, 0) is 62.1 Å². The number of ether oxygens (including phenoxy) is 1. The summed E-state index contributed by atoms with van der Waals surface area (Å²) in [5.74, 6) is 0.651. The van der Waals surface area contributed by atoms with Crippen LogP contribution < -0.4 is 10.5 Å². The van der Waals surface area contributed by atoms with Crippen LogP contribution >= 0.6 is 0 Å². The number of nitrogens with zero attached hydrogens (tertiary/aromatic N) is 4. The topological polar surface area (TPSA) is 138 Å². The standard InChI is InChI=1S/C27H31N5O4/c1-16(2)35-23-7-6-21(13-22(23)14-28)27-30-26(31-36-27)20-5-4-18-8-10-32(11-9-19(18)12-20)24(25(29)34)17(3)15-33/h4-7,12-13,16-17,24,33H,8-11,15H2,1-3H3,(H2,29,34)/t17-,24?/m1/s1. The first kappa shape index (κ1) is 25.4. The summed E-state index contributed by atoms with van der Waals surface area (Å²) in [6.07, 6.45) is 1.47. The molecule has 0 aliphatic carbocycles. The van der Waals surface area contributed by atoms with E-state index >= 15 is 0 Å². The molecule has 2 aromatic carbocycles. The quantitative estimate of drug-likeness (QED) is 0.492. The SMILES string of the molecule is CC(C)Oc1ccc(-c2nc(-c3ccc4c(c3)CCN(C(C(N)=O)[C@H](C)CO)CC4)no2)cc1C#N. The maximum atomic E-state index is 12.1. The van der Waals surface area contributed by atoms with E-state index in [0.29, 0.717) is 41.7 Å². The van der Waals surface area contributed by atoms with Crippen molar-refractivity contribution in [2.24, 2.45) is 11.7 Å². The Hall–Kier alpha value is -3.74. The molecule has 4 rings (SSSR count). The molecule has 0 saturated carbocycles. The van der Waals surface area contributed by atoms with Crippen LogP contribution in [0.25, 0.3) is 22.8 Å². The summed E-state index contributed by atoms with van der Waals surface area (Å²) in [7, 11) is 0. The molecule has 1 unspecified atom stereocenters. The van der Waals surface area contributed by atoms with Crippen LogP contribution in [0.15, 0.2) is 40.9 Å². The lowest BCUT2D eigenvalue weighted by Gasteiger charge is -2.31. The van der Waals surface area contributed by atoms with Crippen molar-refractivity contribution >= 4 is 5.91 Å². The van der Waals surface area contributed by atoms with Crippen LogP contribution in [-0.2, 0) is 17.6 Å². The number of hydrogen-bond acceptors (Lipinski definition) is 8. The lowest BCUT2D eigenvalue weighted by atomic mass is 10.00. The Balaban J connectivity index is 1.54. The molecule has 1 aliphatic heterocycles. The van der Waals surface area contributed by atoms with Crippen molar-refractivity contribution < 1.29 is 19.2 Å². The first-order valence-electron chi connectivity index (χ1n) is 12.1. The van der Waals surface area contributed by atoms with E-state index in [4.69, 9.17) is 15.0 Å². The van der Waals surface area contributed by atoms with Gasteiger partial charge in [0.25, 0.3) is 5.89 Å². The lowest BCUT2D eigenvalue weighted by Crippen LogP contribution is -2.50. The first-order chi connectivity index (χ1) is 17.3. The normalized spacial score (nSPS) is 15.6. The highest BCUT2D eigenvalue weighted by Crippen LogP contribution is 2.29. The zero-order chi connectivity index (χ0) is 25.8. The number of aliphatic hydroxyl groups excluding tert-OH is 1. The fourth-order valence-corrected chi connectivity index (χ4v) is 4.64. The van der Waals surface area contributed by atoms with E-state index in [-0.39, 0.29) is 18.6 Å². The van der Waals surface area contributed by atoms with Crippen LogP contribution in [0.1, 0.15) is 37.5 Å². The molecule has 0 spiro atoms. The van der Waals surface area contributed by atoms with Gasteiger partial charge in [0.15, 0.2) is 0 Å². The highest BCUT2D eigenvalue weighted by Gasteiger charge is 2.30. The van der Waals surface area contributed by atoms with Gasteiger partial charge < -0.3 is 20.1 Å². The second-order valence-electron chi connectivity index (χ2n) is 9.44. The zero-order valence-corrected chi connectivity index (χ0v) is 20.8. The monoisotopic (exact) mass is 489 g/mol. The Morgan fingerprint density at radius 3 is 2.56 bits per heavy atom. The number of nitrogens with two attached hydrogens (primary N) is 1. The van der Waals surface area contributed by atoms with Gasteiger partial charge in [-0.15, -0.1) is 0 Å². The van der Waals surface area contributed by atoms with Crippen molar-refractivity contribution in [2.75, 3.05) is 19.7 Å². The van der Waals surface area contributed by atoms with Gasteiger partial charge in [0.2, 0.25) is 11.7 Å². The molecule has 9 nitrogen and oxygen atoms in total. The van der Waals surface area contributed by atoms with E-state index in [0.717, 1.165) is 24.0 Å². The number of primary amides is 1. The van der Waals surface area contributed by atoms with E-state index in [9.17, 15) is 15.2 Å². The number of aromatic nitrogens is 2. The Morgan fingerprint density at radius 2 is 1.89 bits per heavy atom. The van der Waals surface area contributed by atoms with Crippen molar-refractivity contribution in [2.45, 2.75) is 45.8 Å². The number of carbonyl (C=O) groups excluding carboxylic acids is 1. The molecule has 188 valence electrons. The molecule has 36 heavy (non-hydrogen) atoms. The zero-order valence-electron chi connectivity index (χ0n) is 20.8. The van der Waals surface area contributed by atoms with E-state index in [1.807, 2.05) is 26.8 Å². The van der Waals surface area contributed by atoms with Crippen LogP contribution in [0.5, 0.6) is 5.75 Å². The Bertz CT molecular complexity index is 1280. The van der Waals surface area contributed by atoms with Gasteiger partial charge in [0.05, 0.1) is 17.7 Å². The number of nitriles is 1. The number of amides is 1. The molecule has 1 amide bonds. The summed E-state index contributed by atoms with van der Waals surface area (Å²) in [4.78, 5) is 18.7. The average molecular weight is 490 g/mol. The molecule has 9 heteroatoms. The minimum atomic E-state index is -0.501. The fourth-order valence-electron chi connectivity index (χ4n) is 4.64. The summed E-state index contributed by atoms with van der Waals surface area (Å²) in [6, 6.07) is 13.0. The molecule has 3 aromatic rings. The van der Waals surface area contributed by atoms with Crippen LogP contribution in [0.4, 0.5) is 0 Å². The average Bonchev–Trinajstić information content (AvgIpc) is 3.26. The van der Waals surface area contributed by atoms with Gasteiger partial charge in [0.1, 0.15) is 11.8 Å². The van der Waals surface area contributed by atoms with Crippen LogP contribution in [0, 0.1) is 17.2 Å². The molecule has 2 atom stereocenters. The highest BCUT2D eigenvalue weighted by molar-refractivity contribution is 5.80. The van der Waals surface area contributed by atoms with Gasteiger partial charge in [-0.2, -0.15) is 10.2 Å². The van der Waals surface area contributed by atoms with Crippen molar-refractivity contribution in [3.63, 3.8) is 0 Å². The summed E-state index contributed by atoms with van der Waals surface area (Å²) in [5.41, 5.74) is 9.88. The molecular weight excluding hydrogens is 458 g/mol. The van der Waals surface area contributed by atoms with Gasteiger partial charge in [-0.25, -0.2) is 0 Å². The van der Waals surface area contributed by atoms with Crippen molar-refractivity contribution in [3.8, 4) is 34.7 Å². The maximum Gasteiger partial charge on any atom is 0.258 e. The van der Waals surface area contributed by atoms with E-state index < -0.39 is 11.9 Å². The lowest BCUT2D eigenvalue weighted by molar-refractivity contribution is -0.125. The number of fused-ring (bicyclic) bond motifs is 1. The molecule has 1 aromatic heterocycles. The van der Waals surface area contributed by atoms with Crippen LogP contribution in [0.2, 0.25) is 0 Å². The van der Waals surface area contributed by atoms with Gasteiger partial charge in [-0.1, -0.05) is 24.2 Å². The molecular formula is C27H31N5O4. The Kier molecular flexibility index (Phi) is 7.67. The Morgan fingerprint density at radius 1 is 1.17 bits per heavy atom. The third-order valence-corrected chi connectivity index (χ3v) is 6.45. The predicted octanol–water partition coefficient (Wildman–Crippen LogP) is 2.95. The smallest absolute Gasteiger partial charge is 0.258 e. The van der Waals surface area contributed by atoms with Crippen LogP contribution in [0.3, 0.4) is 0 Å². The summed E-state index contributed by atoms with van der Waals surface area (Å²) < 4.78 is 11.2. The molecule has 2 heterocycles. The predicted molar refractivity (Wildman–Crippen MR) is 134 cm³/mol. The summed E-state index contributed by atoms with van der Waals surface area (Å²) in [6.45, 7) is 6.91. The van der Waals surface area contributed by atoms with Gasteiger partial charge >= 0.3 is 0 Å². The minimum Gasteiger partial charge on any atom is -0.490 e. The maximum absolute atomic E-state index is 12.1. The molecule has 0 fully saturated rings. The highest BCUT2D eigenvalue weighted by atomic mass is 16.5. The minimum absolute atomic E-state index is 0.0435. The Labute approximate surface area is 210 Å². The first-order valence-corrected chi connectivity index (χ1v) is 12.1. The van der Waals surface area contributed by atoms with Gasteiger partial charge in [-0.3, -0.25) is 9.69 Å².